The average molecular weight is 403 g/mol. The van der Waals surface area contributed by atoms with Gasteiger partial charge < -0.3 is 9.32 Å². The smallest absolute Gasteiger partial charge is 0.254 e. The lowest BCUT2D eigenvalue weighted by Crippen LogP contribution is -2.30. The largest absolute Gasteiger partial charge is 0.438 e. The molecule has 144 valence electrons. The molecular formula is C24H19ClN2O2. The van der Waals surface area contributed by atoms with Crippen LogP contribution in [-0.2, 0) is 0 Å². The van der Waals surface area contributed by atoms with Gasteiger partial charge in [0.1, 0.15) is 11.6 Å². The molecule has 1 unspecified atom stereocenters. The highest BCUT2D eigenvalue weighted by Gasteiger charge is 2.34. The van der Waals surface area contributed by atoms with E-state index >= 15 is 0 Å². The first-order chi connectivity index (χ1) is 14.2. The average Bonchev–Trinajstić information content (AvgIpc) is 3.40. The molecule has 1 aromatic heterocycles. The number of aromatic nitrogens is 1. The van der Waals surface area contributed by atoms with Crippen molar-refractivity contribution in [2.75, 3.05) is 6.54 Å². The Balaban J connectivity index is 1.46. The highest BCUT2D eigenvalue weighted by Crippen LogP contribution is 2.35. The molecule has 1 atom stereocenters. The molecule has 4 nitrogen and oxygen atoms in total. The second-order valence-corrected chi connectivity index (χ2v) is 7.70. The molecule has 1 saturated heterocycles. The minimum Gasteiger partial charge on any atom is -0.438 e. The number of hydrogen-bond acceptors (Lipinski definition) is 3. The van der Waals surface area contributed by atoms with Gasteiger partial charge in [0.05, 0.1) is 0 Å². The molecule has 0 bridgehead atoms. The van der Waals surface area contributed by atoms with Crippen molar-refractivity contribution in [2.45, 2.75) is 18.9 Å². The van der Waals surface area contributed by atoms with Crippen molar-refractivity contribution in [3.8, 4) is 11.1 Å². The number of fused-ring (bicyclic) bond motifs is 1. The zero-order valence-electron chi connectivity index (χ0n) is 15.7. The molecule has 3 aromatic carbocycles. The fourth-order valence-corrected chi connectivity index (χ4v) is 4.05. The summed E-state index contributed by atoms with van der Waals surface area (Å²) in [5, 5.41) is 0.618. The third-order valence-corrected chi connectivity index (χ3v) is 5.65. The molecule has 0 spiro atoms. The Hall–Kier alpha value is -3.11. The molecule has 1 aliphatic rings. The monoisotopic (exact) mass is 402 g/mol. The number of likely N-dealkylation sites (tertiary alicyclic amines) is 1. The number of halogens is 1. The highest BCUT2D eigenvalue weighted by atomic mass is 35.5. The molecule has 0 N–H and O–H groups in total. The first-order valence-electron chi connectivity index (χ1n) is 9.71. The second kappa shape index (κ2) is 7.37. The van der Waals surface area contributed by atoms with Gasteiger partial charge in [0, 0.05) is 17.1 Å². The van der Waals surface area contributed by atoms with Crippen molar-refractivity contribution >= 4 is 28.6 Å². The second-order valence-electron chi connectivity index (χ2n) is 7.26. The fourth-order valence-electron chi connectivity index (χ4n) is 3.92. The van der Waals surface area contributed by atoms with Crippen LogP contribution in [0.3, 0.4) is 0 Å². The Morgan fingerprint density at radius 3 is 2.59 bits per heavy atom. The summed E-state index contributed by atoms with van der Waals surface area (Å²) in [5.74, 6) is 0.585. The molecule has 4 aromatic rings. The Kier molecular flexibility index (Phi) is 4.57. The van der Waals surface area contributed by atoms with E-state index in [2.05, 4.69) is 12.1 Å². The maximum absolute atomic E-state index is 13.0. The third-order valence-electron chi connectivity index (χ3n) is 5.40. The van der Waals surface area contributed by atoms with Crippen molar-refractivity contribution in [1.82, 2.24) is 9.88 Å². The number of nitrogens with zero attached hydrogens (tertiary/aromatic N) is 2. The maximum Gasteiger partial charge on any atom is 0.254 e. The number of hydrogen-bond donors (Lipinski definition) is 0. The minimum absolute atomic E-state index is 0.0172. The van der Waals surface area contributed by atoms with E-state index in [4.69, 9.17) is 21.0 Å². The Morgan fingerprint density at radius 2 is 1.79 bits per heavy atom. The normalized spacial score (nSPS) is 16.4. The topological polar surface area (TPSA) is 46.3 Å². The molecule has 0 saturated carbocycles. The van der Waals surface area contributed by atoms with E-state index in [1.165, 1.54) is 0 Å². The molecule has 1 amide bonds. The van der Waals surface area contributed by atoms with Crippen molar-refractivity contribution in [1.29, 1.82) is 0 Å². The van der Waals surface area contributed by atoms with Crippen molar-refractivity contribution < 1.29 is 9.21 Å². The first kappa shape index (κ1) is 18.0. The molecule has 1 fully saturated rings. The lowest BCUT2D eigenvalue weighted by atomic mass is 10.1. The van der Waals surface area contributed by atoms with Crippen molar-refractivity contribution in [2.24, 2.45) is 0 Å². The summed E-state index contributed by atoms with van der Waals surface area (Å²) in [6, 6.07) is 23.1. The van der Waals surface area contributed by atoms with E-state index in [0.717, 1.165) is 35.1 Å². The third kappa shape index (κ3) is 3.40. The first-order valence-corrected chi connectivity index (χ1v) is 10.1. The van der Waals surface area contributed by atoms with Gasteiger partial charge in [-0.15, -0.1) is 0 Å². The van der Waals surface area contributed by atoms with Crippen LogP contribution >= 0.6 is 11.6 Å². The number of oxazole rings is 1. The van der Waals surface area contributed by atoms with E-state index < -0.39 is 0 Å². The molecule has 0 aliphatic carbocycles. The standard InChI is InChI=1S/C24H19ClN2O2/c25-19-11-8-17(9-12-19)24(28)27-14-4-7-21(27)23-26-20-15-18(10-13-22(20)29-23)16-5-2-1-3-6-16/h1-3,5-6,8-13,15,21H,4,7,14H2. The van der Waals surface area contributed by atoms with Crippen LogP contribution in [-0.4, -0.2) is 22.3 Å². The van der Waals surface area contributed by atoms with Crippen LogP contribution in [0.4, 0.5) is 0 Å². The molecular weight excluding hydrogens is 384 g/mol. The quantitative estimate of drug-likeness (QED) is 0.414. The van der Waals surface area contributed by atoms with Crippen LogP contribution in [0.15, 0.2) is 77.2 Å². The lowest BCUT2D eigenvalue weighted by molar-refractivity contribution is 0.0717. The summed E-state index contributed by atoms with van der Waals surface area (Å²) in [7, 11) is 0. The number of carbonyl (C=O) groups excluding carboxylic acids is 1. The molecule has 1 aliphatic heterocycles. The van der Waals surface area contributed by atoms with E-state index in [1.54, 1.807) is 24.3 Å². The van der Waals surface area contributed by atoms with Gasteiger partial charge in [-0.3, -0.25) is 4.79 Å². The van der Waals surface area contributed by atoms with Crippen molar-refractivity contribution in [3.63, 3.8) is 0 Å². The van der Waals surface area contributed by atoms with Gasteiger partial charge in [-0.05, 0) is 60.4 Å². The zero-order valence-corrected chi connectivity index (χ0v) is 16.5. The van der Waals surface area contributed by atoms with Crippen molar-refractivity contribution in [3.05, 3.63) is 89.3 Å². The van der Waals surface area contributed by atoms with Gasteiger partial charge in [-0.1, -0.05) is 48.0 Å². The zero-order chi connectivity index (χ0) is 19.8. The van der Waals surface area contributed by atoms with Gasteiger partial charge >= 0.3 is 0 Å². The lowest BCUT2D eigenvalue weighted by Gasteiger charge is -2.22. The van der Waals surface area contributed by atoms with Crippen LogP contribution < -0.4 is 0 Å². The summed E-state index contributed by atoms with van der Waals surface area (Å²) in [4.78, 5) is 19.6. The predicted octanol–water partition coefficient (Wildman–Crippen LogP) is 6.13. The van der Waals surface area contributed by atoms with Gasteiger partial charge in [0.25, 0.3) is 5.91 Å². The van der Waals surface area contributed by atoms with E-state index in [0.29, 0.717) is 23.0 Å². The maximum atomic E-state index is 13.0. The minimum atomic E-state index is -0.147. The SMILES string of the molecule is O=C(c1ccc(Cl)cc1)N1CCCC1c1nc2cc(-c3ccccc3)ccc2o1. The predicted molar refractivity (Wildman–Crippen MR) is 114 cm³/mol. The summed E-state index contributed by atoms with van der Waals surface area (Å²) in [6.45, 7) is 0.695. The van der Waals surface area contributed by atoms with E-state index in [9.17, 15) is 4.79 Å². The number of rotatable bonds is 3. The Bertz CT molecular complexity index is 1170. The summed E-state index contributed by atoms with van der Waals surface area (Å²) < 4.78 is 6.05. The molecule has 2 heterocycles. The Morgan fingerprint density at radius 1 is 1.00 bits per heavy atom. The summed E-state index contributed by atoms with van der Waals surface area (Å²) >= 11 is 5.95. The highest BCUT2D eigenvalue weighted by molar-refractivity contribution is 6.30. The van der Waals surface area contributed by atoms with E-state index in [1.807, 2.05) is 41.3 Å². The van der Waals surface area contributed by atoms with Crippen LogP contribution in [0.5, 0.6) is 0 Å². The molecule has 5 heteroatoms. The van der Waals surface area contributed by atoms with Crippen LogP contribution in [0.2, 0.25) is 5.02 Å². The number of carbonyl (C=O) groups is 1. The summed E-state index contributed by atoms with van der Waals surface area (Å²) in [5.41, 5.74) is 4.42. The number of benzene rings is 3. The van der Waals surface area contributed by atoms with Gasteiger partial charge in [0.2, 0.25) is 5.89 Å². The Labute approximate surface area is 173 Å². The van der Waals surface area contributed by atoms with Crippen LogP contribution in [0.1, 0.15) is 35.1 Å². The molecule has 0 radical (unpaired) electrons. The van der Waals surface area contributed by atoms with Gasteiger partial charge in [0.15, 0.2) is 5.58 Å². The number of amides is 1. The van der Waals surface area contributed by atoms with Gasteiger partial charge in [-0.2, -0.15) is 0 Å². The molecule has 5 rings (SSSR count). The van der Waals surface area contributed by atoms with Crippen LogP contribution in [0, 0.1) is 0 Å². The molecule has 29 heavy (non-hydrogen) atoms. The van der Waals surface area contributed by atoms with E-state index in [-0.39, 0.29) is 11.9 Å². The fraction of sp³-hybridized carbons (Fsp3) is 0.167. The summed E-state index contributed by atoms with van der Waals surface area (Å²) in [6.07, 6.45) is 1.77. The van der Waals surface area contributed by atoms with Gasteiger partial charge in [-0.25, -0.2) is 4.98 Å². The van der Waals surface area contributed by atoms with Crippen LogP contribution in [0.25, 0.3) is 22.2 Å².